The summed E-state index contributed by atoms with van der Waals surface area (Å²) in [6, 6.07) is -0.667. The molecule has 2 atom stereocenters. The van der Waals surface area contributed by atoms with Crippen LogP contribution >= 0.6 is 0 Å². The van der Waals surface area contributed by atoms with Gasteiger partial charge < -0.3 is 21.3 Å². The first-order chi connectivity index (χ1) is 8.47. The molecule has 0 saturated carbocycles. The van der Waals surface area contributed by atoms with Gasteiger partial charge in [-0.1, -0.05) is 13.8 Å². The van der Waals surface area contributed by atoms with Gasteiger partial charge in [-0.25, -0.2) is 4.39 Å². The Balaban J connectivity index is 0. The van der Waals surface area contributed by atoms with Crippen LogP contribution in [0.1, 0.15) is 33.1 Å². The van der Waals surface area contributed by atoms with E-state index in [0.717, 1.165) is 0 Å². The summed E-state index contributed by atoms with van der Waals surface area (Å²) in [5.74, 6) is -1.74. The SMILES string of the molecule is CC.NCCCC(=O)O.O=C(O)C1CC(F)CN1. The first-order valence-electron chi connectivity index (χ1n) is 5.99. The fourth-order valence-electron chi connectivity index (χ4n) is 1.13. The number of nitrogens with one attached hydrogen (secondary N) is 1. The lowest BCUT2D eigenvalue weighted by Gasteiger charge is -1.99. The molecule has 1 heterocycles. The van der Waals surface area contributed by atoms with Gasteiger partial charge >= 0.3 is 11.9 Å². The van der Waals surface area contributed by atoms with Gasteiger partial charge in [0.15, 0.2) is 0 Å². The average Bonchev–Trinajstić information content (AvgIpc) is 2.77. The molecule has 0 aromatic heterocycles. The average molecular weight is 266 g/mol. The van der Waals surface area contributed by atoms with E-state index >= 15 is 0 Å². The molecule has 1 saturated heterocycles. The Morgan fingerprint density at radius 2 is 1.94 bits per heavy atom. The van der Waals surface area contributed by atoms with E-state index in [4.69, 9.17) is 15.9 Å². The highest BCUT2D eigenvalue weighted by molar-refractivity contribution is 5.73. The number of hydrogen-bond donors (Lipinski definition) is 4. The predicted molar refractivity (Wildman–Crippen MR) is 66.2 cm³/mol. The second kappa shape index (κ2) is 12.3. The Labute approximate surface area is 106 Å². The summed E-state index contributed by atoms with van der Waals surface area (Å²) in [4.78, 5) is 19.8. The van der Waals surface area contributed by atoms with Gasteiger partial charge in [-0.2, -0.15) is 0 Å². The number of aliphatic carboxylic acids is 2. The topological polar surface area (TPSA) is 113 Å². The van der Waals surface area contributed by atoms with Crippen molar-refractivity contribution in [2.75, 3.05) is 13.1 Å². The first kappa shape index (κ1) is 19.1. The van der Waals surface area contributed by atoms with E-state index in [2.05, 4.69) is 5.32 Å². The maximum absolute atomic E-state index is 12.2. The molecule has 6 nitrogen and oxygen atoms in total. The van der Waals surface area contributed by atoms with Crippen LogP contribution in [0, 0.1) is 0 Å². The summed E-state index contributed by atoms with van der Waals surface area (Å²) in [7, 11) is 0. The van der Waals surface area contributed by atoms with Gasteiger partial charge in [0.2, 0.25) is 0 Å². The van der Waals surface area contributed by atoms with E-state index in [0.29, 0.717) is 13.0 Å². The molecule has 1 rings (SSSR count). The van der Waals surface area contributed by atoms with Gasteiger partial charge in [-0.3, -0.25) is 9.59 Å². The monoisotopic (exact) mass is 266 g/mol. The molecule has 0 amide bonds. The Morgan fingerprint density at radius 1 is 1.39 bits per heavy atom. The van der Waals surface area contributed by atoms with Crippen molar-refractivity contribution in [3.05, 3.63) is 0 Å². The van der Waals surface area contributed by atoms with Crippen molar-refractivity contribution in [3.8, 4) is 0 Å². The highest BCUT2D eigenvalue weighted by Gasteiger charge is 2.28. The molecule has 0 spiro atoms. The fourth-order valence-corrected chi connectivity index (χ4v) is 1.13. The second-order valence-electron chi connectivity index (χ2n) is 3.42. The van der Waals surface area contributed by atoms with Crippen LogP contribution < -0.4 is 11.1 Å². The molecule has 0 aromatic rings. The number of alkyl halides is 1. The summed E-state index contributed by atoms with van der Waals surface area (Å²) in [6.45, 7) is 4.64. The third-order valence-corrected chi connectivity index (χ3v) is 1.97. The minimum absolute atomic E-state index is 0.106. The van der Waals surface area contributed by atoms with Crippen molar-refractivity contribution < 1.29 is 24.2 Å². The molecule has 0 aromatic carbocycles. The van der Waals surface area contributed by atoms with Crippen molar-refractivity contribution >= 4 is 11.9 Å². The predicted octanol–water partition coefficient (Wildman–Crippen LogP) is 0.607. The lowest BCUT2D eigenvalue weighted by molar-refractivity contribution is -0.139. The number of rotatable bonds is 4. The molecule has 0 radical (unpaired) electrons. The van der Waals surface area contributed by atoms with E-state index in [1.165, 1.54) is 0 Å². The minimum Gasteiger partial charge on any atom is -0.481 e. The summed E-state index contributed by atoms with van der Waals surface area (Å²) in [5.41, 5.74) is 5.01. The van der Waals surface area contributed by atoms with Gasteiger partial charge in [-0.05, 0) is 13.0 Å². The molecular formula is C11H23FN2O4. The van der Waals surface area contributed by atoms with Gasteiger partial charge in [0.1, 0.15) is 12.2 Å². The van der Waals surface area contributed by atoms with Gasteiger partial charge in [0, 0.05) is 19.4 Å². The molecule has 7 heteroatoms. The van der Waals surface area contributed by atoms with Gasteiger partial charge in [-0.15, -0.1) is 0 Å². The van der Waals surface area contributed by atoms with Gasteiger partial charge in [0.25, 0.3) is 0 Å². The van der Waals surface area contributed by atoms with Crippen molar-refractivity contribution in [2.24, 2.45) is 5.73 Å². The van der Waals surface area contributed by atoms with E-state index in [-0.39, 0.29) is 19.4 Å². The lowest BCUT2D eigenvalue weighted by Crippen LogP contribution is -2.29. The molecule has 0 bridgehead atoms. The van der Waals surface area contributed by atoms with Crippen LogP contribution in [-0.4, -0.2) is 47.5 Å². The van der Waals surface area contributed by atoms with Crippen molar-refractivity contribution in [1.29, 1.82) is 0 Å². The molecule has 1 aliphatic rings. The Kier molecular flexibility index (Phi) is 13.0. The molecule has 18 heavy (non-hydrogen) atoms. The third kappa shape index (κ3) is 11.3. The normalized spacial score (nSPS) is 21.1. The Hall–Kier alpha value is -1.21. The van der Waals surface area contributed by atoms with E-state index < -0.39 is 24.2 Å². The molecule has 5 N–H and O–H groups in total. The standard InChI is InChI=1S/C5H8FNO2.C4H9NO2.C2H6/c6-3-1-4(5(8)9)7-2-3;5-3-1-2-4(6)7;1-2/h3-4,7H,1-2H2,(H,8,9);1-3,5H2,(H,6,7);1-2H3. The number of nitrogens with two attached hydrogens (primary N) is 1. The van der Waals surface area contributed by atoms with Crippen molar-refractivity contribution in [1.82, 2.24) is 5.32 Å². The lowest BCUT2D eigenvalue weighted by atomic mass is 10.2. The van der Waals surface area contributed by atoms with Crippen molar-refractivity contribution in [3.63, 3.8) is 0 Å². The molecule has 108 valence electrons. The largest absolute Gasteiger partial charge is 0.481 e. The zero-order valence-corrected chi connectivity index (χ0v) is 10.9. The number of carboxylic acids is 2. The fraction of sp³-hybridized carbons (Fsp3) is 0.818. The van der Waals surface area contributed by atoms with Crippen LogP contribution in [0.3, 0.4) is 0 Å². The van der Waals surface area contributed by atoms with Crippen LogP contribution in [0.15, 0.2) is 0 Å². The number of halogens is 1. The van der Waals surface area contributed by atoms with Crippen LogP contribution in [-0.2, 0) is 9.59 Å². The number of hydrogen-bond acceptors (Lipinski definition) is 4. The zero-order chi connectivity index (χ0) is 14.6. The zero-order valence-electron chi connectivity index (χ0n) is 10.9. The molecule has 1 fully saturated rings. The van der Waals surface area contributed by atoms with E-state index in [9.17, 15) is 14.0 Å². The molecule has 1 aliphatic heterocycles. The van der Waals surface area contributed by atoms with Crippen LogP contribution in [0.4, 0.5) is 4.39 Å². The summed E-state index contributed by atoms with van der Waals surface area (Å²) in [5, 5.41) is 18.8. The highest BCUT2D eigenvalue weighted by Crippen LogP contribution is 2.09. The quantitative estimate of drug-likeness (QED) is 0.593. The smallest absolute Gasteiger partial charge is 0.320 e. The minimum atomic E-state index is -0.980. The van der Waals surface area contributed by atoms with E-state index in [1.54, 1.807) is 0 Å². The van der Waals surface area contributed by atoms with Crippen LogP contribution in [0.5, 0.6) is 0 Å². The van der Waals surface area contributed by atoms with Gasteiger partial charge in [0.05, 0.1) is 0 Å². The first-order valence-corrected chi connectivity index (χ1v) is 5.99. The maximum Gasteiger partial charge on any atom is 0.320 e. The summed E-state index contributed by atoms with van der Waals surface area (Å²) in [6.07, 6.45) is -0.104. The molecule has 0 aliphatic carbocycles. The summed E-state index contributed by atoms with van der Waals surface area (Å²) < 4.78 is 12.2. The Morgan fingerprint density at radius 3 is 2.11 bits per heavy atom. The Bertz CT molecular complexity index is 239. The molecule has 2 unspecified atom stereocenters. The highest BCUT2D eigenvalue weighted by atomic mass is 19.1. The summed E-state index contributed by atoms with van der Waals surface area (Å²) >= 11 is 0. The van der Waals surface area contributed by atoms with E-state index in [1.807, 2.05) is 13.8 Å². The third-order valence-electron chi connectivity index (χ3n) is 1.97. The number of carboxylic acid groups (broad SMARTS) is 2. The van der Waals surface area contributed by atoms with Crippen molar-refractivity contribution in [2.45, 2.75) is 45.3 Å². The number of carbonyl (C=O) groups is 2. The van der Waals surface area contributed by atoms with Crippen LogP contribution in [0.2, 0.25) is 0 Å². The van der Waals surface area contributed by atoms with Crippen LogP contribution in [0.25, 0.3) is 0 Å². The second-order valence-corrected chi connectivity index (χ2v) is 3.42. The molecular weight excluding hydrogens is 243 g/mol. The maximum atomic E-state index is 12.2.